The molecule has 1 amide bonds. The van der Waals surface area contributed by atoms with Crippen molar-refractivity contribution >= 4 is 65.4 Å². The van der Waals surface area contributed by atoms with Crippen LogP contribution in [0.15, 0.2) is 49.8 Å². The minimum absolute atomic E-state index is 0.107. The topological polar surface area (TPSA) is 75.6 Å². The number of carbonyl (C=O) groups is 2. The Morgan fingerprint density at radius 1 is 1.04 bits per heavy atom. The number of benzene rings is 2. The minimum atomic E-state index is -1.05. The predicted molar refractivity (Wildman–Crippen MR) is 97.1 cm³/mol. The molecule has 120 valence electrons. The molecule has 2 aromatic carbocycles. The van der Waals surface area contributed by atoms with Crippen molar-refractivity contribution in [2.24, 2.45) is 0 Å². The number of nitrogens with one attached hydrogen (secondary N) is 1. The maximum Gasteiger partial charge on any atom is 0.335 e. The van der Waals surface area contributed by atoms with Crippen LogP contribution in [0.3, 0.4) is 0 Å². The van der Waals surface area contributed by atoms with Crippen LogP contribution in [0.2, 0.25) is 0 Å². The molecular weight excluding hydrogens is 498 g/mol. The second-order valence-corrected chi connectivity index (χ2v) is 7.04. The Morgan fingerprint density at radius 2 is 1.61 bits per heavy atom. The number of carboxylic acids is 1. The summed E-state index contributed by atoms with van der Waals surface area (Å²) < 4.78 is 7.26. The zero-order valence-electron chi connectivity index (χ0n) is 11.5. The van der Waals surface area contributed by atoms with Crippen molar-refractivity contribution in [3.05, 3.63) is 55.4 Å². The lowest BCUT2D eigenvalue weighted by molar-refractivity contribution is -0.118. The summed E-state index contributed by atoms with van der Waals surface area (Å²) >= 11 is 9.79. The van der Waals surface area contributed by atoms with E-state index in [0.717, 1.165) is 4.47 Å². The summed E-state index contributed by atoms with van der Waals surface area (Å²) in [7, 11) is 0. The predicted octanol–water partition coefficient (Wildman–Crippen LogP) is 4.69. The van der Waals surface area contributed by atoms with Crippen molar-refractivity contribution in [3.63, 3.8) is 0 Å². The summed E-state index contributed by atoms with van der Waals surface area (Å²) in [6.45, 7) is -0.209. The zero-order chi connectivity index (χ0) is 17.0. The highest BCUT2D eigenvalue weighted by Gasteiger charge is 2.14. The first-order valence-corrected chi connectivity index (χ1v) is 8.65. The first-order chi connectivity index (χ1) is 10.9. The fourth-order valence-electron chi connectivity index (χ4n) is 1.69. The first kappa shape index (κ1) is 18.0. The summed E-state index contributed by atoms with van der Waals surface area (Å²) in [6.07, 6.45) is 0. The summed E-state index contributed by atoms with van der Waals surface area (Å²) in [5.74, 6) is -1.01. The van der Waals surface area contributed by atoms with Gasteiger partial charge in [-0.3, -0.25) is 4.79 Å². The van der Waals surface area contributed by atoms with Crippen LogP contribution in [0.4, 0.5) is 5.69 Å². The number of aromatic carboxylic acids is 1. The molecule has 0 spiro atoms. The molecule has 0 fully saturated rings. The highest BCUT2D eigenvalue weighted by Crippen LogP contribution is 2.34. The molecule has 0 unspecified atom stereocenters. The summed E-state index contributed by atoms with van der Waals surface area (Å²) in [6, 6.07) is 9.97. The van der Waals surface area contributed by atoms with E-state index in [0.29, 0.717) is 20.4 Å². The molecule has 0 aliphatic carbocycles. The van der Waals surface area contributed by atoms with Gasteiger partial charge in [-0.2, -0.15) is 0 Å². The first-order valence-electron chi connectivity index (χ1n) is 6.27. The van der Waals surface area contributed by atoms with Gasteiger partial charge in [-0.25, -0.2) is 4.79 Å². The molecular formula is C15H10Br3NO4. The lowest BCUT2D eigenvalue weighted by Crippen LogP contribution is -2.20. The molecule has 0 heterocycles. The molecule has 0 saturated carbocycles. The van der Waals surface area contributed by atoms with Gasteiger partial charge in [0.25, 0.3) is 5.91 Å². The van der Waals surface area contributed by atoms with Gasteiger partial charge in [0, 0.05) is 10.2 Å². The van der Waals surface area contributed by atoms with E-state index < -0.39 is 5.97 Å². The Hall–Kier alpha value is -1.38. The molecule has 23 heavy (non-hydrogen) atoms. The van der Waals surface area contributed by atoms with Gasteiger partial charge in [-0.1, -0.05) is 15.9 Å². The summed E-state index contributed by atoms with van der Waals surface area (Å²) in [4.78, 5) is 22.9. The normalized spacial score (nSPS) is 10.2. The maximum absolute atomic E-state index is 11.9. The van der Waals surface area contributed by atoms with Crippen LogP contribution in [0.1, 0.15) is 10.4 Å². The highest BCUT2D eigenvalue weighted by atomic mass is 79.9. The zero-order valence-corrected chi connectivity index (χ0v) is 16.2. The van der Waals surface area contributed by atoms with Crippen molar-refractivity contribution in [2.75, 3.05) is 11.9 Å². The fourth-order valence-corrected chi connectivity index (χ4v) is 3.37. The lowest BCUT2D eigenvalue weighted by Gasteiger charge is -2.11. The second kappa shape index (κ2) is 7.94. The molecule has 2 N–H and O–H groups in total. The third kappa shape index (κ3) is 5.05. The number of amides is 1. The third-order valence-corrected chi connectivity index (χ3v) is 4.43. The molecule has 2 aromatic rings. The SMILES string of the molecule is O=C(COc1c(Br)cc(C(=O)O)cc1Br)Nc1ccc(Br)cc1. The van der Waals surface area contributed by atoms with Crippen LogP contribution in [-0.4, -0.2) is 23.6 Å². The molecule has 8 heteroatoms. The van der Waals surface area contributed by atoms with Crippen molar-refractivity contribution < 1.29 is 19.4 Å². The summed E-state index contributed by atoms with van der Waals surface area (Å²) in [5.41, 5.74) is 0.761. The van der Waals surface area contributed by atoms with Crippen LogP contribution in [-0.2, 0) is 4.79 Å². The van der Waals surface area contributed by atoms with Crippen LogP contribution < -0.4 is 10.1 Å². The van der Waals surface area contributed by atoms with E-state index >= 15 is 0 Å². The van der Waals surface area contributed by atoms with Gasteiger partial charge in [0.1, 0.15) is 5.75 Å². The number of ether oxygens (including phenoxy) is 1. The number of rotatable bonds is 5. The van der Waals surface area contributed by atoms with Crippen molar-refractivity contribution in [1.82, 2.24) is 0 Å². The molecule has 0 aromatic heterocycles. The number of anilines is 1. The number of halogens is 3. The van der Waals surface area contributed by atoms with Gasteiger partial charge >= 0.3 is 5.97 Å². The monoisotopic (exact) mass is 505 g/mol. The highest BCUT2D eigenvalue weighted by molar-refractivity contribution is 9.11. The van der Waals surface area contributed by atoms with Gasteiger partial charge in [0.05, 0.1) is 14.5 Å². The van der Waals surface area contributed by atoms with Crippen LogP contribution in [0.25, 0.3) is 0 Å². The van der Waals surface area contributed by atoms with Crippen LogP contribution in [0.5, 0.6) is 5.75 Å². The van der Waals surface area contributed by atoms with E-state index in [1.54, 1.807) is 12.1 Å². The maximum atomic E-state index is 11.9. The van der Waals surface area contributed by atoms with Crippen molar-refractivity contribution in [3.8, 4) is 5.75 Å². The minimum Gasteiger partial charge on any atom is -0.481 e. The molecule has 5 nitrogen and oxygen atoms in total. The van der Waals surface area contributed by atoms with Crippen LogP contribution in [0, 0.1) is 0 Å². The fraction of sp³-hybridized carbons (Fsp3) is 0.0667. The molecule has 0 aliphatic heterocycles. The average Bonchev–Trinajstić information content (AvgIpc) is 2.48. The smallest absolute Gasteiger partial charge is 0.335 e. The standard InChI is InChI=1S/C15H10Br3NO4/c16-9-1-3-10(4-2-9)19-13(20)7-23-14-11(17)5-8(15(21)22)6-12(14)18/h1-6H,7H2,(H,19,20)(H,21,22). The Balaban J connectivity index is 2.01. The van der Waals surface area contributed by atoms with Gasteiger partial charge in [-0.15, -0.1) is 0 Å². The third-order valence-electron chi connectivity index (χ3n) is 2.72. The van der Waals surface area contributed by atoms with Crippen LogP contribution >= 0.6 is 47.8 Å². The Bertz CT molecular complexity index is 724. The quantitative estimate of drug-likeness (QED) is 0.615. The number of hydrogen-bond acceptors (Lipinski definition) is 3. The summed E-state index contributed by atoms with van der Waals surface area (Å²) in [5, 5.41) is 11.7. The lowest BCUT2D eigenvalue weighted by atomic mass is 10.2. The van der Waals surface area contributed by atoms with E-state index in [-0.39, 0.29) is 18.1 Å². The van der Waals surface area contributed by atoms with E-state index in [2.05, 4.69) is 53.1 Å². The average molecular weight is 508 g/mol. The number of carbonyl (C=O) groups excluding carboxylic acids is 1. The Labute approximate surface area is 157 Å². The molecule has 0 bridgehead atoms. The van der Waals surface area contributed by atoms with Gasteiger partial charge in [0.15, 0.2) is 6.61 Å². The van der Waals surface area contributed by atoms with E-state index in [1.807, 2.05) is 12.1 Å². The van der Waals surface area contributed by atoms with E-state index in [9.17, 15) is 9.59 Å². The van der Waals surface area contributed by atoms with Gasteiger partial charge in [0.2, 0.25) is 0 Å². The molecule has 0 atom stereocenters. The van der Waals surface area contributed by atoms with E-state index in [1.165, 1.54) is 12.1 Å². The second-order valence-electron chi connectivity index (χ2n) is 4.42. The number of hydrogen-bond donors (Lipinski definition) is 2. The molecule has 0 saturated heterocycles. The molecule has 0 aliphatic rings. The molecule has 2 rings (SSSR count). The largest absolute Gasteiger partial charge is 0.481 e. The van der Waals surface area contributed by atoms with Crippen molar-refractivity contribution in [2.45, 2.75) is 0 Å². The Morgan fingerprint density at radius 3 is 2.13 bits per heavy atom. The molecule has 0 radical (unpaired) electrons. The van der Waals surface area contributed by atoms with Gasteiger partial charge < -0.3 is 15.2 Å². The number of carboxylic acid groups (broad SMARTS) is 1. The van der Waals surface area contributed by atoms with E-state index in [4.69, 9.17) is 9.84 Å². The Kier molecular flexibility index (Phi) is 6.20. The van der Waals surface area contributed by atoms with Crippen molar-refractivity contribution in [1.29, 1.82) is 0 Å². The van der Waals surface area contributed by atoms with Gasteiger partial charge in [-0.05, 0) is 68.3 Å².